The Labute approximate surface area is 219 Å². The van der Waals surface area contributed by atoms with E-state index in [1.54, 1.807) is 6.20 Å². The number of carbonyl (C=O) groups is 2. The summed E-state index contributed by atoms with van der Waals surface area (Å²) in [5, 5.41) is 12.6. The van der Waals surface area contributed by atoms with Gasteiger partial charge in [-0.05, 0) is 66.8 Å². The van der Waals surface area contributed by atoms with E-state index in [1.807, 2.05) is 30.3 Å². The number of pyridine rings is 1. The summed E-state index contributed by atoms with van der Waals surface area (Å²) in [7, 11) is 0. The Morgan fingerprint density at radius 1 is 1.21 bits per heavy atom. The van der Waals surface area contributed by atoms with Crippen LogP contribution in [0.25, 0.3) is 21.8 Å². The number of aromatic nitrogens is 2. The lowest BCUT2D eigenvalue weighted by Gasteiger charge is -2.26. The maximum absolute atomic E-state index is 13.1. The lowest BCUT2D eigenvalue weighted by molar-refractivity contribution is -0.123. The van der Waals surface area contributed by atoms with Crippen LogP contribution in [0.4, 0.5) is 0 Å². The highest BCUT2D eigenvalue weighted by molar-refractivity contribution is 6.18. The fourth-order valence-corrected chi connectivity index (χ4v) is 6.35. The summed E-state index contributed by atoms with van der Waals surface area (Å²) in [5.41, 5.74) is 11.7. The lowest BCUT2D eigenvalue weighted by Crippen LogP contribution is -2.28. The molecule has 1 unspecified atom stereocenters. The molecule has 0 saturated heterocycles. The quantitative estimate of drug-likeness (QED) is 0.371. The number of carbonyl (C=O) groups excluding carboxylic acids is 2. The van der Waals surface area contributed by atoms with Crippen molar-refractivity contribution in [3.63, 3.8) is 0 Å². The van der Waals surface area contributed by atoms with Gasteiger partial charge in [0, 0.05) is 59.3 Å². The summed E-state index contributed by atoms with van der Waals surface area (Å²) in [4.78, 5) is 29.8. The van der Waals surface area contributed by atoms with Gasteiger partial charge in [0.2, 0.25) is 0 Å². The van der Waals surface area contributed by atoms with E-state index in [0.717, 1.165) is 70.3 Å². The maximum Gasteiger partial charge on any atom is 0.258 e. The normalized spacial score (nSPS) is 17.4. The second kappa shape index (κ2) is 8.86. The van der Waals surface area contributed by atoms with E-state index in [4.69, 9.17) is 4.74 Å². The van der Waals surface area contributed by atoms with Crippen molar-refractivity contribution in [3.8, 4) is 5.75 Å². The molecule has 4 heterocycles. The van der Waals surface area contributed by atoms with Gasteiger partial charge in [0.25, 0.3) is 11.8 Å². The number of aryl methyl sites for hydroxylation is 2. The smallest absolute Gasteiger partial charge is 0.258 e. The van der Waals surface area contributed by atoms with Crippen LogP contribution >= 0.6 is 0 Å². The van der Waals surface area contributed by atoms with Crippen LogP contribution in [0.15, 0.2) is 47.7 Å². The molecule has 1 atom stereocenters. The molecule has 1 aliphatic carbocycles. The molecule has 0 saturated carbocycles. The summed E-state index contributed by atoms with van der Waals surface area (Å²) in [6, 6.07) is 11.6. The van der Waals surface area contributed by atoms with E-state index < -0.39 is 0 Å². The molecule has 4 aromatic rings. The van der Waals surface area contributed by atoms with Gasteiger partial charge in [0.15, 0.2) is 6.61 Å². The summed E-state index contributed by atoms with van der Waals surface area (Å²) < 4.78 is 8.28. The molecule has 0 radical (unpaired) electrons. The summed E-state index contributed by atoms with van der Waals surface area (Å²) in [5.74, 6) is 0.561. The molecule has 9 heteroatoms. The molecular formula is C29H28N6O3. The number of nitrogens with one attached hydrogen (secondary N) is 3. The average Bonchev–Trinajstić information content (AvgIpc) is 3.66. The molecule has 2 amide bonds. The van der Waals surface area contributed by atoms with Crippen LogP contribution in [-0.4, -0.2) is 40.2 Å². The molecule has 2 aromatic heterocycles. The monoisotopic (exact) mass is 508 g/mol. The molecule has 38 heavy (non-hydrogen) atoms. The van der Waals surface area contributed by atoms with Crippen molar-refractivity contribution in [2.75, 3.05) is 13.2 Å². The van der Waals surface area contributed by atoms with Gasteiger partial charge in [0.05, 0.1) is 17.8 Å². The molecule has 0 spiro atoms. The Kier molecular flexibility index (Phi) is 5.31. The number of rotatable bonds is 6. The molecule has 3 N–H and O–H groups in total. The van der Waals surface area contributed by atoms with Gasteiger partial charge in [-0.1, -0.05) is 6.07 Å². The molecule has 0 fully saturated rings. The van der Waals surface area contributed by atoms with Crippen LogP contribution in [0.5, 0.6) is 5.75 Å². The first-order chi connectivity index (χ1) is 18.6. The second-order valence-electron chi connectivity index (χ2n) is 9.98. The number of benzene rings is 2. The largest absolute Gasteiger partial charge is 0.484 e. The fraction of sp³-hybridized carbons (Fsp3) is 0.310. The van der Waals surface area contributed by atoms with Crippen LogP contribution in [-0.2, 0) is 30.8 Å². The van der Waals surface area contributed by atoms with Crippen LogP contribution in [0.3, 0.4) is 0 Å². The minimum atomic E-state index is -0.209. The van der Waals surface area contributed by atoms with Crippen molar-refractivity contribution < 1.29 is 14.3 Å². The van der Waals surface area contributed by atoms with Crippen molar-refractivity contribution in [2.24, 2.45) is 5.10 Å². The van der Waals surface area contributed by atoms with Crippen molar-refractivity contribution in [2.45, 2.75) is 45.3 Å². The number of nitrogens with zero attached hydrogens (tertiary/aromatic N) is 3. The maximum atomic E-state index is 13.1. The third-order valence-electron chi connectivity index (χ3n) is 7.95. The Morgan fingerprint density at radius 2 is 2.13 bits per heavy atom. The predicted octanol–water partition coefficient (Wildman–Crippen LogP) is 3.14. The highest BCUT2D eigenvalue weighted by Gasteiger charge is 2.39. The first kappa shape index (κ1) is 22.8. The third kappa shape index (κ3) is 3.45. The topological polar surface area (TPSA) is 110 Å². The third-order valence-corrected chi connectivity index (χ3v) is 7.95. The van der Waals surface area contributed by atoms with Gasteiger partial charge in [-0.15, -0.1) is 0 Å². The van der Waals surface area contributed by atoms with Gasteiger partial charge >= 0.3 is 0 Å². The Bertz CT molecular complexity index is 1660. The lowest BCUT2D eigenvalue weighted by atomic mass is 9.77. The number of ether oxygens (including phenoxy) is 1. The van der Waals surface area contributed by atoms with E-state index in [-0.39, 0.29) is 24.3 Å². The average molecular weight is 509 g/mol. The van der Waals surface area contributed by atoms with Crippen molar-refractivity contribution >= 4 is 39.3 Å². The van der Waals surface area contributed by atoms with E-state index in [0.29, 0.717) is 18.8 Å². The van der Waals surface area contributed by atoms with E-state index in [2.05, 4.69) is 43.7 Å². The molecular weight excluding hydrogens is 480 g/mol. The van der Waals surface area contributed by atoms with Crippen molar-refractivity contribution in [1.82, 2.24) is 25.6 Å². The highest BCUT2D eigenvalue weighted by atomic mass is 16.5. The number of hydrazone groups is 1. The van der Waals surface area contributed by atoms with Gasteiger partial charge in [0.1, 0.15) is 5.75 Å². The van der Waals surface area contributed by atoms with Crippen molar-refractivity contribution in [1.29, 1.82) is 0 Å². The van der Waals surface area contributed by atoms with E-state index >= 15 is 0 Å². The number of hydrogen-bond acceptors (Lipinski definition) is 6. The van der Waals surface area contributed by atoms with Crippen LogP contribution in [0.2, 0.25) is 0 Å². The van der Waals surface area contributed by atoms with Crippen LogP contribution in [0.1, 0.15) is 52.0 Å². The first-order valence-electron chi connectivity index (χ1n) is 13.1. The van der Waals surface area contributed by atoms with E-state index in [1.165, 1.54) is 11.1 Å². The molecule has 3 aliphatic rings. The second-order valence-corrected chi connectivity index (χ2v) is 9.98. The zero-order valence-electron chi connectivity index (χ0n) is 21.1. The zero-order chi connectivity index (χ0) is 25.8. The van der Waals surface area contributed by atoms with Crippen molar-refractivity contribution in [3.05, 3.63) is 70.5 Å². The summed E-state index contributed by atoms with van der Waals surface area (Å²) >= 11 is 0. The zero-order valence-corrected chi connectivity index (χ0v) is 21.1. The Hall–Kier alpha value is -4.40. The highest BCUT2D eigenvalue weighted by Crippen LogP contribution is 2.46. The van der Waals surface area contributed by atoms with Gasteiger partial charge < -0.3 is 25.4 Å². The number of fused-ring (bicyclic) bond motifs is 10. The summed E-state index contributed by atoms with van der Waals surface area (Å²) in [6.45, 7) is 4.48. The minimum absolute atomic E-state index is 0.000630. The molecule has 9 nitrogen and oxygen atoms in total. The number of amides is 2. The first-order valence-corrected chi connectivity index (χ1v) is 13.1. The van der Waals surface area contributed by atoms with Gasteiger partial charge in [-0.3, -0.25) is 14.6 Å². The standard InChI is InChI=1S/C29H28N6O3/c1-2-35-23-9-6-17(38-15-24(36)31-12-16-5-3-4-10-30-16)11-19(23)26-21-13-32-29(37)27(21)25-18(28(26)35)7-8-22-20(25)14-33-34-22/h3-6,9-11,20,33H,2,7-8,12-15H2,1H3,(H,31,36)(H,32,37). The Balaban J connectivity index is 1.28. The van der Waals surface area contributed by atoms with Crippen LogP contribution in [0, 0.1) is 0 Å². The summed E-state index contributed by atoms with van der Waals surface area (Å²) in [6.07, 6.45) is 3.46. The van der Waals surface area contributed by atoms with E-state index in [9.17, 15) is 9.59 Å². The fourth-order valence-electron chi connectivity index (χ4n) is 6.35. The SMILES string of the molecule is CCn1c2ccc(OCC(=O)NCc3ccccn3)cc2c2c3c(c4c(c21)CCC1=NNCC14)C(=O)NC3. The molecule has 2 aliphatic heterocycles. The Morgan fingerprint density at radius 3 is 2.97 bits per heavy atom. The molecule has 7 rings (SSSR count). The van der Waals surface area contributed by atoms with Crippen LogP contribution < -0.4 is 20.8 Å². The molecule has 2 aromatic carbocycles. The predicted molar refractivity (Wildman–Crippen MR) is 144 cm³/mol. The minimum Gasteiger partial charge on any atom is -0.484 e. The van der Waals surface area contributed by atoms with Gasteiger partial charge in [-0.25, -0.2) is 0 Å². The molecule has 192 valence electrons. The molecule has 0 bridgehead atoms. The van der Waals surface area contributed by atoms with Gasteiger partial charge in [-0.2, -0.15) is 5.10 Å². The number of hydrogen-bond donors (Lipinski definition) is 3.